The van der Waals surface area contributed by atoms with Gasteiger partial charge in [0, 0.05) is 17.0 Å². The number of carbonyl (C=O) groups excluding carboxylic acids is 1. The van der Waals surface area contributed by atoms with Gasteiger partial charge >= 0.3 is 0 Å². The summed E-state index contributed by atoms with van der Waals surface area (Å²) in [6, 6.07) is 24.7. The molecule has 3 aromatic carbocycles. The van der Waals surface area contributed by atoms with Gasteiger partial charge in [0.25, 0.3) is 15.9 Å². The Balaban J connectivity index is 1.56. The molecule has 39 heavy (non-hydrogen) atoms. The lowest BCUT2D eigenvalue weighted by atomic mass is 10.0. The van der Waals surface area contributed by atoms with Gasteiger partial charge in [-0.1, -0.05) is 67.9 Å². The standard InChI is InChI=1S/C30H31ClN4O3S/c1-21(2)24-14-16-26(17-15-24)34(39(37,38)27-10-6-5-7-11-27)20-30(36)33-32-19-25-18-22(3)35(23(25)4)29-13-9-8-12-28(29)31/h5-19,21H,20H2,1-4H3,(H,33,36)/b32-19-. The van der Waals surface area contributed by atoms with E-state index in [0.29, 0.717) is 10.7 Å². The third-order valence-corrected chi connectivity index (χ3v) is 8.53. The second-order valence-corrected chi connectivity index (χ2v) is 11.7. The minimum absolute atomic E-state index is 0.0984. The summed E-state index contributed by atoms with van der Waals surface area (Å²) in [6.45, 7) is 7.58. The fourth-order valence-corrected chi connectivity index (χ4v) is 5.98. The van der Waals surface area contributed by atoms with Gasteiger partial charge in [0.05, 0.1) is 27.5 Å². The number of nitrogens with zero attached hydrogens (tertiary/aromatic N) is 3. The van der Waals surface area contributed by atoms with Crippen molar-refractivity contribution in [3.63, 3.8) is 0 Å². The molecule has 1 N–H and O–H groups in total. The summed E-state index contributed by atoms with van der Waals surface area (Å²) in [5.74, 6) is -0.283. The molecule has 9 heteroatoms. The molecule has 0 atom stereocenters. The predicted octanol–water partition coefficient (Wildman–Crippen LogP) is 6.22. The van der Waals surface area contributed by atoms with Gasteiger partial charge in [0.2, 0.25) is 0 Å². The molecule has 0 spiro atoms. The van der Waals surface area contributed by atoms with E-state index < -0.39 is 22.5 Å². The van der Waals surface area contributed by atoms with E-state index in [4.69, 9.17) is 11.6 Å². The molecule has 0 fully saturated rings. The SMILES string of the molecule is Cc1cc(/C=N\NC(=O)CN(c2ccc(C(C)C)cc2)S(=O)(=O)c2ccccc2)c(C)n1-c1ccccc1Cl. The Bertz CT molecular complexity index is 1600. The van der Waals surface area contributed by atoms with Crippen LogP contribution in [-0.2, 0) is 14.8 Å². The molecular weight excluding hydrogens is 532 g/mol. The number of benzene rings is 3. The second kappa shape index (κ2) is 11.9. The van der Waals surface area contributed by atoms with E-state index in [9.17, 15) is 13.2 Å². The van der Waals surface area contributed by atoms with E-state index >= 15 is 0 Å². The Hall–Kier alpha value is -3.88. The number of rotatable bonds is 9. The molecule has 0 bridgehead atoms. The van der Waals surface area contributed by atoms with E-state index in [2.05, 4.69) is 24.4 Å². The largest absolute Gasteiger partial charge is 0.316 e. The predicted molar refractivity (Wildman–Crippen MR) is 157 cm³/mol. The van der Waals surface area contributed by atoms with Crippen molar-refractivity contribution < 1.29 is 13.2 Å². The zero-order chi connectivity index (χ0) is 28.2. The van der Waals surface area contributed by atoms with Crippen molar-refractivity contribution in [1.29, 1.82) is 0 Å². The molecule has 0 saturated heterocycles. The van der Waals surface area contributed by atoms with Crippen molar-refractivity contribution in [3.8, 4) is 5.69 Å². The number of hydrazone groups is 1. The number of carbonyl (C=O) groups is 1. The summed E-state index contributed by atoms with van der Waals surface area (Å²) in [7, 11) is -4.00. The number of halogens is 1. The first-order valence-electron chi connectivity index (χ1n) is 12.5. The zero-order valence-electron chi connectivity index (χ0n) is 22.3. The fourth-order valence-electron chi connectivity index (χ4n) is 4.32. The molecule has 0 aliphatic heterocycles. The minimum atomic E-state index is -4.00. The Morgan fingerprint density at radius 1 is 1.00 bits per heavy atom. The van der Waals surface area contributed by atoms with Crippen LogP contribution < -0.4 is 9.73 Å². The molecule has 0 saturated carbocycles. The maximum absolute atomic E-state index is 13.5. The molecule has 1 aromatic heterocycles. The Morgan fingerprint density at radius 2 is 1.64 bits per heavy atom. The van der Waals surface area contributed by atoms with Gasteiger partial charge in [-0.25, -0.2) is 13.8 Å². The molecule has 1 heterocycles. The van der Waals surface area contributed by atoms with Crippen LogP contribution in [-0.4, -0.2) is 31.7 Å². The highest BCUT2D eigenvalue weighted by Crippen LogP contribution is 2.27. The summed E-state index contributed by atoms with van der Waals surface area (Å²) >= 11 is 6.40. The van der Waals surface area contributed by atoms with E-state index in [1.54, 1.807) is 36.5 Å². The molecular formula is C30H31ClN4O3S. The fraction of sp³-hybridized carbons (Fsp3) is 0.200. The number of hydrogen-bond acceptors (Lipinski definition) is 4. The molecule has 4 aromatic rings. The third-order valence-electron chi connectivity index (χ3n) is 6.42. The van der Waals surface area contributed by atoms with Crippen molar-refractivity contribution in [2.24, 2.45) is 5.10 Å². The Morgan fingerprint density at radius 3 is 2.28 bits per heavy atom. The van der Waals surface area contributed by atoms with Crippen LogP contribution in [0.15, 0.2) is 94.9 Å². The number of amides is 1. The molecule has 0 aliphatic carbocycles. The maximum atomic E-state index is 13.5. The molecule has 0 unspecified atom stereocenters. The first-order chi connectivity index (χ1) is 18.6. The number of anilines is 1. The molecule has 4 rings (SSSR count). The summed E-state index contributed by atoms with van der Waals surface area (Å²) in [6.07, 6.45) is 1.54. The van der Waals surface area contributed by atoms with E-state index in [0.717, 1.165) is 32.5 Å². The number of aromatic nitrogens is 1. The van der Waals surface area contributed by atoms with E-state index in [1.807, 2.05) is 60.9 Å². The number of sulfonamides is 1. The number of nitrogens with one attached hydrogen (secondary N) is 1. The van der Waals surface area contributed by atoms with Crippen molar-refractivity contribution >= 4 is 39.4 Å². The maximum Gasteiger partial charge on any atom is 0.264 e. The third kappa shape index (κ3) is 6.24. The quantitative estimate of drug-likeness (QED) is 0.194. The first kappa shape index (κ1) is 28.1. The highest BCUT2D eigenvalue weighted by atomic mass is 35.5. The Labute approximate surface area is 234 Å². The average molecular weight is 563 g/mol. The van der Waals surface area contributed by atoms with Gasteiger partial charge in [-0.3, -0.25) is 9.10 Å². The van der Waals surface area contributed by atoms with Crippen LogP contribution >= 0.6 is 11.6 Å². The monoisotopic (exact) mass is 562 g/mol. The van der Waals surface area contributed by atoms with Crippen molar-refractivity contribution in [2.45, 2.75) is 38.5 Å². The highest BCUT2D eigenvalue weighted by molar-refractivity contribution is 7.92. The zero-order valence-corrected chi connectivity index (χ0v) is 23.9. The van der Waals surface area contributed by atoms with Crippen LogP contribution in [0.4, 0.5) is 5.69 Å². The van der Waals surface area contributed by atoms with Crippen LogP contribution in [0.25, 0.3) is 5.69 Å². The van der Waals surface area contributed by atoms with Crippen molar-refractivity contribution in [2.75, 3.05) is 10.8 Å². The van der Waals surface area contributed by atoms with Gasteiger partial charge in [-0.2, -0.15) is 5.10 Å². The van der Waals surface area contributed by atoms with Gasteiger partial charge in [0.15, 0.2) is 0 Å². The number of aryl methyl sites for hydroxylation is 1. The number of para-hydroxylation sites is 1. The summed E-state index contributed by atoms with van der Waals surface area (Å²) in [5, 5.41) is 4.74. The van der Waals surface area contributed by atoms with Crippen LogP contribution in [0.1, 0.15) is 42.3 Å². The smallest absolute Gasteiger partial charge is 0.264 e. The van der Waals surface area contributed by atoms with E-state index in [1.165, 1.54) is 12.1 Å². The highest BCUT2D eigenvalue weighted by Gasteiger charge is 2.27. The Kier molecular flexibility index (Phi) is 8.57. The molecule has 202 valence electrons. The van der Waals surface area contributed by atoms with Crippen LogP contribution in [0.2, 0.25) is 5.02 Å². The van der Waals surface area contributed by atoms with Gasteiger partial charge in [-0.15, -0.1) is 0 Å². The molecule has 1 amide bonds. The molecule has 0 aliphatic rings. The first-order valence-corrected chi connectivity index (χ1v) is 14.3. The lowest BCUT2D eigenvalue weighted by Crippen LogP contribution is -2.39. The lowest BCUT2D eigenvalue weighted by molar-refractivity contribution is -0.119. The average Bonchev–Trinajstić information content (AvgIpc) is 3.20. The summed E-state index contributed by atoms with van der Waals surface area (Å²) < 4.78 is 30.2. The van der Waals surface area contributed by atoms with Gasteiger partial charge < -0.3 is 4.57 Å². The van der Waals surface area contributed by atoms with Crippen LogP contribution in [0.5, 0.6) is 0 Å². The van der Waals surface area contributed by atoms with Crippen molar-refractivity contribution in [1.82, 2.24) is 9.99 Å². The number of hydrogen-bond donors (Lipinski definition) is 1. The van der Waals surface area contributed by atoms with Gasteiger partial charge in [0.1, 0.15) is 6.54 Å². The molecule has 0 radical (unpaired) electrons. The second-order valence-electron chi connectivity index (χ2n) is 9.48. The topological polar surface area (TPSA) is 83.8 Å². The van der Waals surface area contributed by atoms with E-state index in [-0.39, 0.29) is 10.8 Å². The van der Waals surface area contributed by atoms with Gasteiger partial charge in [-0.05, 0) is 67.8 Å². The van der Waals surface area contributed by atoms with Crippen molar-refractivity contribution in [3.05, 3.63) is 112 Å². The lowest BCUT2D eigenvalue weighted by Gasteiger charge is -2.24. The minimum Gasteiger partial charge on any atom is -0.316 e. The summed E-state index contributed by atoms with van der Waals surface area (Å²) in [5.41, 5.74) is 7.45. The summed E-state index contributed by atoms with van der Waals surface area (Å²) in [4.78, 5) is 13.0. The molecule has 7 nitrogen and oxygen atoms in total. The van der Waals surface area contributed by atoms with Crippen LogP contribution in [0, 0.1) is 13.8 Å². The normalized spacial score (nSPS) is 11.7. The van der Waals surface area contributed by atoms with Crippen LogP contribution in [0.3, 0.4) is 0 Å².